The van der Waals surface area contributed by atoms with Crippen LogP contribution in [0.25, 0.3) is 0 Å². The zero-order chi connectivity index (χ0) is 23.3. The second-order valence-corrected chi connectivity index (χ2v) is 10.1. The lowest BCUT2D eigenvalue weighted by Crippen LogP contribution is -2.04. The maximum Gasteiger partial charge on any atom is 0.0698 e. The third kappa shape index (κ3) is 7.16. The first-order valence-corrected chi connectivity index (χ1v) is 11.9. The Hall–Kier alpha value is -1.69. The molecule has 2 aromatic rings. The van der Waals surface area contributed by atoms with E-state index in [1.807, 2.05) is 0 Å². The normalized spacial score (nSPS) is 12.8. The van der Waals surface area contributed by atoms with E-state index in [4.69, 9.17) is 9.98 Å². The Bertz CT molecular complexity index is 831. The standard InChI is InChI=1S/C29H42N2.Al.2H2/c1-18(2)24-13-11-14-25(19(3)4)28(24)30-22(9)17-23(10)31-29-26(20(5)6)15-12-16-27(29)21(7)8;;;/h11-16,18-21H,17H2,1-10H3;;2*1H. The molecule has 0 aliphatic carbocycles. The number of hydrogen-bond acceptors (Lipinski definition) is 2. The van der Waals surface area contributed by atoms with Crippen molar-refractivity contribution in [2.45, 2.75) is 99.3 Å². The first-order valence-electron chi connectivity index (χ1n) is 11.9. The smallest absolute Gasteiger partial charge is 0.0698 e. The van der Waals surface area contributed by atoms with Gasteiger partial charge < -0.3 is 0 Å². The molecule has 0 aliphatic rings. The first-order chi connectivity index (χ1) is 14.5. The summed E-state index contributed by atoms with van der Waals surface area (Å²) in [5, 5.41) is 0. The number of rotatable bonds is 8. The van der Waals surface area contributed by atoms with Gasteiger partial charge in [0.2, 0.25) is 0 Å². The molecule has 2 rings (SSSR count). The summed E-state index contributed by atoms with van der Waals surface area (Å²) in [6, 6.07) is 13.2. The van der Waals surface area contributed by atoms with Crippen LogP contribution in [0.1, 0.15) is 124 Å². The van der Waals surface area contributed by atoms with Crippen molar-refractivity contribution in [2.24, 2.45) is 9.98 Å². The predicted molar refractivity (Wildman–Crippen MR) is 149 cm³/mol. The van der Waals surface area contributed by atoms with E-state index < -0.39 is 0 Å². The molecule has 3 heteroatoms. The highest BCUT2D eigenvalue weighted by atomic mass is 27.0. The molecule has 0 amide bonds. The Morgan fingerprint density at radius 3 is 1.06 bits per heavy atom. The summed E-state index contributed by atoms with van der Waals surface area (Å²) in [5.74, 6) is 1.80. The Morgan fingerprint density at radius 1 is 0.594 bits per heavy atom. The molecule has 175 valence electrons. The molecule has 32 heavy (non-hydrogen) atoms. The van der Waals surface area contributed by atoms with Crippen LogP contribution in [0.3, 0.4) is 0 Å². The third-order valence-electron chi connectivity index (χ3n) is 5.80. The van der Waals surface area contributed by atoms with E-state index in [-0.39, 0.29) is 20.2 Å². The average molecular weight is 450 g/mol. The van der Waals surface area contributed by atoms with Crippen molar-refractivity contribution in [1.29, 1.82) is 0 Å². The Morgan fingerprint density at radius 2 is 0.844 bits per heavy atom. The molecule has 0 atom stereocenters. The van der Waals surface area contributed by atoms with Gasteiger partial charge in [-0.2, -0.15) is 0 Å². The van der Waals surface area contributed by atoms with Crippen LogP contribution >= 0.6 is 0 Å². The lowest BCUT2D eigenvalue weighted by atomic mass is 9.92. The van der Waals surface area contributed by atoms with Crippen LogP contribution in [-0.4, -0.2) is 28.8 Å². The van der Waals surface area contributed by atoms with Gasteiger partial charge in [0.25, 0.3) is 0 Å². The lowest BCUT2D eigenvalue weighted by molar-refractivity contribution is 0.834. The van der Waals surface area contributed by atoms with Crippen molar-refractivity contribution in [3.05, 3.63) is 58.7 Å². The lowest BCUT2D eigenvalue weighted by Gasteiger charge is -2.18. The van der Waals surface area contributed by atoms with Crippen molar-refractivity contribution in [3.8, 4) is 0 Å². The van der Waals surface area contributed by atoms with E-state index in [0.717, 1.165) is 29.2 Å². The zero-order valence-corrected chi connectivity index (χ0v) is 23.1. The quantitative estimate of drug-likeness (QED) is 0.283. The van der Waals surface area contributed by atoms with E-state index in [1.165, 1.54) is 22.3 Å². The van der Waals surface area contributed by atoms with Crippen LogP contribution in [0, 0.1) is 0 Å². The molecule has 0 fully saturated rings. The molecule has 2 nitrogen and oxygen atoms in total. The van der Waals surface area contributed by atoms with E-state index >= 15 is 0 Å². The molecular weight excluding hydrogens is 403 g/mol. The Labute approximate surface area is 210 Å². The van der Waals surface area contributed by atoms with Gasteiger partial charge in [-0.3, -0.25) is 9.98 Å². The molecule has 0 aliphatic heterocycles. The third-order valence-corrected chi connectivity index (χ3v) is 5.80. The van der Waals surface area contributed by atoms with Gasteiger partial charge in [-0.05, 0) is 59.8 Å². The van der Waals surface area contributed by atoms with Gasteiger partial charge in [-0.25, -0.2) is 0 Å². The second kappa shape index (κ2) is 12.5. The van der Waals surface area contributed by atoms with Gasteiger partial charge in [0, 0.05) is 38.1 Å². The number of aliphatic imine (C=N–C) groups is 2. The van der Waals surface area contributed by atoms with Crippen molar-refractivity contribution < 1.29 is 2.85 Å². The van der Waals surface area contributed by atoms with Crippen molar-refractivity contribution in [3.63, 3.8) is 0 Å². The van der Waals surface area contributed by atoms with Crippen molar-refractivity contribution in [2.75, 3.05) is 0 Å². The Balaban J connectivity index is 0. The van der Waals surface area contributed by atoms with Gasteiger partial charge in [-0.1, -0.05) is 91.8 Å². The minimum atomic E-state index is 0. The van der Waals surface area contributed by atoms with E-state index in [9.17, 15) is 0 Å². The van der Waals surface area contributed by atoms with Gasteiger partial charge in [0.05, 0.1) is 11.4 Å². The number of para-hydroxylation sites is 2. The molecule has 0 saturated carbocycles. The fourth-order valence-corrected chi connectivity index (χ4v) is 4.11. The fourth-order valence-electron chi connectivity index (χ4n) is 4.11. The van der Waals surface area contributed by atoms with E-state index in [2.05, 4.69) is 106 Å². The molecule has 0 N–H and O–H groups in total. The molecule has 0 spiro atoms. The number of hydrogen-bond donors (Lipinski definition) is 0. The molecule has 3 radical (unpaired) electrons. The van der Waals surface area contributed by atoms with Crippen LogP contribution in [0.5, 0.6) is 0 Å². The molecular formula is C29H46AlN2. The van der Waals surface area contributed by atoms with Gasteiger partial charge in [0.1, 0.15) is 0 Å². The highest BCUT2D eigenvalue weighted by molar-refractivity contribution is 6.04. The maximum atomic E-state index is 5.13. The second-order valence-electron chi connectivity index (χ2n) is 10.1. The van der Waals surface area contributed by atoms with Crippen LogP contribution in [0.2, 0.25) is 0 Å². The summed E-state index contributed by atoms with van der Waals surface area (Å²) in [4.78, 5) is 10.3. The number of benzene rings is 2. The average Bonchev–Trinajstić information content (AvgIpc) is 2.67. The largest absolute Gasteiger partial charge is 0.257 e. The summed E-state index contributed by atoms with van der Waals surface area (Å²) in [7, 11) is 0. The van der Waals surface area contributed by atoms with E-state index in [0.29, 0.717) is 23.7 Å². The summed E-state index contributed by atoms with van der Waals surface area (Å²) in [6.45, 7) is 22.2. The monoisotopic (exact) mass is 449 g/mol. The van der Waals surface area contributed by atoms with Crippen LogP contribution in [0.4, 0.5) is 11.4 Å². The first kappa shape index (κ1) is 28.3. The highest BCUT2D eigenvalue weighted by Crippen LogP contribution is 2.36. The molecule has 0 bridgehead atoms. The highest BCUT2D eigenvalue weighted by Gasteiger charge is 2.15. The molecule has 0 aromatic heterocycles. The van der Waals surface area contributed by atoms with Crippen LogP contribution in [-0.2, 0) is 0 Å². The SMILES string of the molecule is CC(CC(C)=Nc1c(C(C)C)cccc1C(C)C)=Nc1c(C(C)C)cccc1C(C)C.[Al].[HH].[HH]. The van der Waals surface area contributed by atoms with Crippen molar-refractivity contribution in [1.82, 2.24) is 0 Å². The predicted octanol–water partition coefficient (Wildman–Crippen LogP) is 9.57. The molecule has 2 aromatic carbocycles. The maximum absolute atomic E-state index is 5.13. The van der Waals surface area contributed by atoms with E-state index in [1.54, 1.807) is 0 Å². The van der Waals surface area contributed by atoms with Crippen LogP contribution < -0.4 is 0 Å². The van der Waals surface area contributed by atoms with Crippen molar-refractivity contribution >= 4 is 40.2 Å². The number of nitrogens with zero attached hydrogens (tertiary/aromatic N) is 2. The summed E-state index contributed by atoms with van der Waals surface area (Å²) < 4.78 is 0. The summed E-state index contributed by atoms with van der Waals surface area (Å²) in [6.07, 6.45) is 0.786. The van der Waals surface area contributed by atoms with Gasteiger partial charge in [0.15, 0.2) is 0 Å². The Kier molecular flexibility index (Phi) is 11.1. The van der Waals surface area contributed by atoms with Crippen LogP contribution in [0.15, 0.2) is 46.4 Å². The minimum Gasteiger partial charge on any atom is -0.257 e. The zero-order valence-electron chi connectivity index (χ0n) is 22.0. The fraction of sp³-hybridized carbons (Fsp3) is 0.517. The van der Waals surface area contributed by atoms with Gasteiger partial charge >= 0.3 is 0 Å². The topological polar surface area (TPSA) is 24.7 Å². The van der Waals surface area contributed by atoms with Gasteiger partial charge in [-0.15, -0.1) is 0 Å². The molecule has 0 unspecified atom stereocenters. The summed E-state index contributed by atoms with van der Waals surface area (Å²) >= 11 is 0. The molecule has 0 heterocycles. The molecule has 0 saturated heterocycles. The minimum absolute atomic E-state index is 0. The summed E-state index contributed by atoms with van der Waals surface area (Å²) in [5.41, 5.74) is 9.85.